The molecule has 4 heteroatoms. The minimum absolute atomic E-state index is 0.155. The van der Waals surface area contributed by atoms with Gasteiger partial charge in [-0.15, -0.1) is 0 Å². The summed E-state index contributed by atoms with van der Waals surface area (Å²) in [7, 11) is 5.15. The monoisotopic (exact) mass is 636 g/mol. The highest BCUT2D eigenvalue weighted by atomic mass is 16.5. The zero-order valence-corrected chi connectivity index (χ0v) is 29.1. The van der Waals surface area contributed by atoms with E-state index in [4.69, 9.17) is 18.9 Å². The summed E-state index contributed by atoms with van der Waals surface area (Å²) in [5.41, 5.74) is 7.99. The molecule has 244 valence electrons. The molecule has 4 nitrogen and oxygen atoms in total. The van der Waals surface area contributed by atoms with Gasteiger partial charge in [0.1, 0.15) is 23.0 Å². The van der Waals surface area contributed by atoms with Gasteiger partial charge in [-0.3, -0.25) is 0 Å². The van der Waals surface area contributed by atoms with Crippen LogP contribution >= 0.6 is 0 Å². The van der Waals surface area contributed by atoms with Crippen molar-refractivity contribution in [2.45, 2.75) is 58.0 Å². The van der Waals surface area contributed by atoms with Crippen LogP contribution in [0.5, 0.6) is 23.0 Å². The molecule has 0 bridgehead atoms. The lowest BCUT2D eigenvalue weighted by Crippen LogP contribution is -2.44. The fourth-order valence-corrected chi connectivity index (χ4v) is 9.92. The van der Waals surface area contributed by atoms with Gasteiger partial charge in [0.2, 0.25) is 0 Å². The van der Waals surface area contributed by atoms with Crippen LogP contribution in [0, 0.1) is 10.8 Å². The smallest absolute Gasteiger partial charge is 0.178 e. The van der Waals surface area contributed by atoms with Crippen LogP contribution in [0.4, 0.5) is 0 Å². The molecule has 8 rings (SSSR count). The minimum atomic E-state index is -0.879. The molecule has 5 aromatic carbocycles. The Hall–Kier alpha value is -4.70. The normalized spacial score (nSPS) is 18.8. The first-order valence-electron chi connectivity index (χ1n) is 17.0. The van der Waals surface area contributed by atoms with Crippen molar-refractivity contribution >= 4 is 16.8 Å². The maximum Gasteiger partial charge on any atom is 0.178 e. The Morgan fingerprint density at radius 2 is 1.17 bits per heavy atom. The third-order valence-electron chi connectivity index (χ3n) is 11.0. The zero-order valence-electron chi connectivity index (χ0n) is 29.1. The summed E-state index contributed by atoms with van der Waals surface area (Å²) in [6, 6.07) is 32.1. The van der Waals surface area contributed by atoms with Crippen LogP contribution < -0.4 is 18.9 Å². The first-order chi connectivity index (χ1) is 23.0. The Balaban J connectivity index is 1.46. The van der Waals surface area contributed by atoms with Crippen LogP contribution in [0.1, 0.15) is 74.8 Å². The molecule has 0 amide bonds. The molecule has 0 aromatic heterocycles. The first-order valence-corrected chi connectivity index (χ1v) is 17.0. The molecule has 1 aliphatic heterocycles. The molecule has 48 heavy (non-hydrogen) atoms. The standard InChI is InChI=1S/C44H44O4/c1-41(2)25-42(3,4)27-43(26-41)37-11-9-8-10-34(37)38-36-24-32(47-7)20-21-33(36)40-35(39(38)43)22-23-44(48-40,28-12-16-30(45-5)17-13-28)29-14-18-31(46-6)19-15-29/h8-24H,25-27H2,1-7H3. The SMILES string of the molecule is COc1ccc(C2(c3ccc(OC)cc3)C=Cc3c4c(c5cc(OC)ccc5c3O2)-c2ccccc2C42CC(C)(C)CC(C)(C)C2)cc1. The predicted octanol–water partition coefficient (Wildman–Crippen LogP) is 10.7. The number of benzene rings is 5. The summed E-state index contributed by atoms with van der Waals surface area (Å²) in [5.74, 6) is 3.37. The van der Waals surface area contributed by atoms with Gasteiger partial charge in [-0.2, -0.15) is 0 Å². The molecule has 0 saturated heterocycles. The number of rotatable bonds is 5. The molecule has 5 aromatic rings. The van der Waals surface area contributed by atoms with Gasteiger partial charge in [0, 0.05) is 27.5 Å². The van der Waals surface area contributed by atoms with Gasteiger partial charge in [0.25, 0.3) is 0 Å². The van der Waals surface area contributed by atoms with Crippen molar-refractivity contribution in [2.75, 3.05) is 21.3 Å². The van der Waals surface area contributed by atoms with Crippen molar-refractivity contribution in [1.29, 1.82) is 0 Å². The van der Waals surface area contributed by atoms with Crippen molar-refractivity contribution in [1.82, 2.24) is 0 Å². The number of hydrogen-bond donors (Lipinski definition) is 0. The van der Waals surface area contributed by atoms with Crippen molar-refractivity contribution in [3.8, 4) is 34.1 Å². The molecule has 3 aliphatic rings. The third-order valence-corrected chi connectivity index (χ3v) is 11.0. The Labute approximate surface area is 284 Å². The molecule has 1 fully saturated rings. The molecule has 0 radical (unpaired) electrons. The fourth-order valence-electron chi connectivity index (χ4n) is 9.92. The summed E-state index contributed by atoms with van der Waals surface area (Å²) in [5, 5.41) is 2.25. The van der Waals surface area contributed by atoms with E-state index in [9.17, 15) is 0 Å². The molecule has 1 spiro atoms. The van der Waals surface area contributed by atoms with Crippen molar-refractivity contribution in [3.63, 3.8) is 0 Å². The highest BCUT2D eigenvalue weighted by Crippen LogP contribution is 2.67. The zero-order chi connectivity index (χ0) is 33.5. The predicted molar refractivity (Wildman–Crippen MR) is 195 cm³/mol. The summed E-state index contributed by atoms with van der Waals surface area (Å²) < 4.78 is 24.5. The van der Waals surface area contributed by atoms with Gasteiger partial charge >= 0.3 is 0 Å². The summed E-state index contributed by atoms with van der Waals surface area (Å²) >= 11 is 0. The Morgan fingerprint density at radius 1 is 0.604 bits per heavy atom. The van der Waals surface area contributed by atoms with Crippen LogP contribution in [-0.4, -0.2) is 21.3 Å². The average Bonchev–Trinajstić information content (AvgIpc) is 3.35. The maximum atomic E-state index is 7.58. The maximum absolute atomic E-state index is 7.58. The molecule has 1 saturated carbocycles. The van der Waals surface area contributed by atoms with E-state index in [1.807, 2.05) is 24.3 Å². The van der Waals surface area contributed by atoms with Crippen LogP contribution in [0.25, 0.3) is 28.0 Å². The third kappa shape index (κ3) is 4.48. The lowest BCUT2D eigenvalue weighted by atomic mass is 9.52. The van der Waals surface area contributed by atoms with Gasteiger partial charge in [-0.1, -0.05) is 82.3 Å². The molecular weight excluding hydrogens is 592 g/mol. The van der Waals surface area contributed by atoms with E-state index in [1.54, 1.807) is 21.3 Å². The van der Waals surface area contributed by atoms with Gasteiger partial charge < -0.3 is 18.9 Å². The van der Waals surface area contributed by atoms with E-state index < -0.39 is 5.60 Å². The second-order valence-corrected chi connectivity index (χ2v) is 15.5. The summed E-state index contributed by atoms with van der Waals surface area (Å²) in [6.45, 7) is 9.82. The molecule has 1 heterocycles. The van der Waals surface area contributed by atoms with Gasteiger partial charge in [0.15, 0.2) is 5.60 Å². The Morgan fingerprint density at radius 3 is 1.75 bits per heavy atom. The number of hydrogen-bond acceptors (Lipinski definition) is 4. The van der Waals surface area contributed by atoms with Gasteiger partial charge in [0.05, 0.1) is 21.3 Å². The van der Waals surface area contributed by atoms with Crippen molar-refractivity contribution in [2.24, 2.45) is 10.8 Å². The van der Waals surface area contributed by atoms with Crippen LogP contribution in [0.3, 0.4) is 0 Å². The lowest BCUT2D eigenvalue weighted by molar-refractivity contribution is 0.0642. The van der Waals surface area contributed by atoms with Crippen molar-refractivity contribution in [3.05, 3.63) is 125 Å². The van der Waals surface area contributed by atoms with Gasteiger partial charge in [-0.05, 0) is 106 Å². The number of methoxy groups -OCH3 is 3. The Kier molecular flexibility index (Phi) is 6.80. The lowest BCUT2D eigenvalue weighted by Gasteiger charge is -2.52. The molecule has 2 aliphatic carbocycles. The average molecular weight is 637 g/mol. The Bertz CT molecular complexity index is 2020. The minimum Gasteiger partial charge on any atom is -0.497 e. The number of ether oxygens (including phenoxy) is 4. The van der Waals surface area contributed by atoms with Gasteiger partial charge in [-0.25, -0.2) is 0 Å². The van der Waals surface area contributed by atoms with E-state index in [-0.39, 0.29) is 16.2 Å². The van der Waals surface area contributed by atoms with E-state index in [0.29, 0.717) is 0 Å². The quantitative estimate of drug-likeness (QED) is 0.192. The molecule has 0 N–H and O–H groups in total. The van der Waals surface area contributed by atoms with Crippen LogP contribution in [-0.2, 0) is 11.0 Å². The molecule has 0 unspecified atom stereocenters. The van der Waals surface area contributed by atoms with E-state index in [1.165, 1.54) is 39.6 Å². The second kappa shape index (κ2) is 10.7. The van der Waals surface area contributed by atoms with Crippen LogP contribution in [0.2, 0.25) is 0 Å². The topological polar surface area (TPSA) is 36.9 Å². The fraction of sp³-hybridized carbons (Fsp3) is 0.318. The van der Waals surface area contributed by atoms with E-state index in [0.717, 1.165) is 52.4 Å². The largest absolute Gasteiger partial charge is 0.497 e. The first kappa shape index (κ1) is 30.6. The summed E-state index contributed by atoms with van der Waals surface area (Å²) in [4.78, 5) is 0. The highest BCUT2D eigenvalue weighted by molar-refractivity contribution is 6.09. The second-order valence-electron chi connectivity index (χ2n) is 15.5. The highest BCUT2D eigenvalue weighted by Gasteiger charge is 2.55. The van der Waals surface area contributed by atoms with Crippen LogP contribution in [0.15, 0.2) is 97.1 Å². The molecule has 0 atom stereocenters. The van der Waals surface area contributed by atoms with E-state index >= 15 is 0 Å². The van der Waals surface area contributed by atoms with Crippen molar-refractivity contribution < 1.29 is 18.9 Å². The summed E-state index contributed by atoms with van der Waals surface area (Å²) in [6.07, 6.45) is 7.96. The number of fused-ring (bicyclic) bond motifs is 10. The molecular formula is C44H44O4. The van der Waals surface area contributed by atoms with E-state index in [2.05, 4.69) is 107 Å².